The summed E-state index contributed by atoms with van der Waals surface area (Å²) in [7, 11) is 0.326. The van der Waals surface area contributed by atoms with Crippen molar-refractivity contribution in [2.24, 2.45) is 0 Å². The zero-order valence-electron chi connectivity index (χ0n) is 24.8. The summed E-state index contributed by atoms with van der Waals surface area (Å²) in [5.74, 6) is -0.537. The van der Waals surface area contributed by atoms with E-state index in [4.69, 9.17) is 13.6 Å². The number of amides is 1. The van der Waals surface area contributed by atoms with Crippen LogP contribution in [-0.4, -0.2) is 51.7 Å². The van der Waals surface area contributed by atoms with Gasteiger partial charge in [0.25, 0.3) is 11.6 Å². The van der Waals surface area contributed by atoms with E-state index in [-0.39, 0.29) is 50.7 Å². The minimum absolute atomic E-state index is 0.0371. The number of ether oxygens (including phenoxy) is 1. The number of rotatable bonds is 8. The van der Waals surface area contributed by atoms with Crippen LogP contribution < -0.4 is 14.4 Å². The van der Waals surface area contributed by atoms with Crippen molar-refractivity contribution in [3.05, 3.63) is 94.3 Å². The first kappa shape index (κ1) is 30.3. The Bertz CT molecular complexity index is 2300. The summed E-state index contributed by atoms with van der Waals surface area (Å²) in [5, 5.41) is 14.4. The molecule has 6 aromatic rings. The quantitative estimate of drug-likeness (QED) is 0.146. The SMILES string of the molecule is CNC(=O)c1c(-c2ccc(F)cc2)oc2ccc(-c3ccc(OC)c(-c4nc5c([N+](=O)[O-])cccc5o4)c3)c(N(C)S(C)(=O)=O)c12. The lowest BCUT2D eigenvalue weighted by Gasteiger charge is -2.22. The third-order valence-corrected chi connectivity index (χ3v) is 8.71. The number of halogens is 1. The summed E-state index contributed by atoms with van der Waals surface area (Å²) in [6.07, 6.45) is 1.03. The Labute approximate surface area is 261 Å². The fourth-order valence-corrected chi connectivity index (χ4v) is 5.81. The molecule has 0 radical (unpaired) electrons. The highest BCUT2D eigenvalue weighted by atomic mass is 32.2. The predicted molar refractivity (Wildman–Crippen MR) is 170 cm³/mol. The second-order valence-electron chi connectivity index (χ2n) is 10.3. The number of oxazole rings is 1. The lowest BCUT2D eigenvalue weighted by molar-refractivity contribution is -0.383. The van der Waals surface area contributed by atoms with E-state index in [1.807, 2.05) is 0 Å². The van der Waals surface area contributed by atoms with Crippen LogP contribution in [0.5, 0.6) is 5.75 Å². The molecule has 0 spiro atoms. The smallest absolute Gasteiger partial charge is 0.298 e. The van der Waals surface area contributed by atoms with Crippen molar-refractivity contribution in [3.63, 3.8) is 0 Å². The summed E-state index contributed by atoms with van der Waals surface area (Å²) >= 11 is 0. The van der Waals surface area contributed by atoms with Crippen molar-refractivity contribution in [1.82, 2.24) is 10.3 Å². The third kappa shape index (κ3) is 5.07. The van der Waals surface area contributed by atoms with Gasteiger partial charge in [0.2, 0.25) is 15.9 Å². The Hall–Kier alpha value is -5.76. The van der Waals surface area contributed by atoms with Gasteiger partial charge in [-0.05, 0) is 60.2 Å². The van der Waals surface area contributed by atoms with Crippen LogP contribution in [0.3, 0.4) is 0 Å². The summed E-state index contributed by atoms with van der Waals surface area (Å²) in [4.78, 5) is 28.9. The number of nitrogens with one attached hydrogen (secondary N) is 1. The molecule has 6 rings (SSSR count). The van der Waals surface area contributed by atoms with Gasteiger partial charge in [0.1, 0.15) is 22.9 Å². The number of para-hydroxylation sites is 1. The van der Waals surface area contributed by atoms with Crippen molar-refractivity contribution in [2.75, 3.05) is 31.8 Å². The molecule has 2 heterocycles. The molecule has 1 N–H and O–H groups in total. The number of anilines is 1. The van der Waals surface area contributed by atoms with Gasteiger partial charge in [-0.15, -0.1) is 0 Å². The second-order valence-corrected chi connectivity index (χ2v) is 12.3. The third-order valence-electron chi connectivity index (χ3n) is 7.54. The van der Waals surface area contributed by atoms with Crippen LogP contribution in [-0.2, 0) is 10.0 Å². The fraction of sp³-hybridized carbons (Fsp3) is 0.125. The van der Waals surface area contributed by atoms with E-state index in [9.17, 15) is 27.7 Å². The molecule has 234 valence electrons. The van der Waals surface area contributed by atoms with E-state index >= 15 is 0 Å². The molecule has 0 aliphatic rings. The van der Waals surface area contributed by atoms with Gasteiger partial charge in [-0.2, -0.15) is 0 Å². The number of carbonyl (C=O) groups is 1. The first-order valence-corrected chi connectivity index (χ1v) is 15.5. The zero-order chi connectivity index (χ0) is 32.9. The molecular formula is C32H25FN4O8S. The van der Waals surface area contributed by atoms with Crippen LogP contribution in [0.15, 0.2) is 81.6 Å². The highest BCUT2D eigenvalue weighted by Gasteiger charge is 2.30. The van der Waals surface area contributed by atoms with Crippen LogP contribution in [0.4, 0.5) is 15.8 Å². The van der Waals surface area contributed by atoms with Gasteiger partial charge in [0.15, 0.2) is 11.1 Å². The van der Waals surface area contributed by atoms with Crippen molar-refractivity contribution in [2.45, 2.75) is 0 Å². The van der Waals surface area contributed by atoms with Crippen molar-refractivity contribution < 1.29 is 36.1 Å². The van der Waals surface area contributed by atoms with Gasteiger partial charge in [-0.1, -0.05) is 12.1 Å². The fourth-order valence-electron chi connectivity index (χ4n) is 5.29. The molecule has 12 nitrogen and oxygen atoms in total. The molecule has 0 fully saturated rings. The van der Waals surface area contributed by atoms with E-state index in [1.54, 1.807) is 36.4 Å². The first-order valence-electron chi connectivity index (χ1n) is 13.7. The standard InChI is InChI=1S/C32H25FN4O8S/c1-34-31(38)27-26-24(44-30(27)17-8-11-19(33)12-9-17)15-13-20(29(26)36(2)46(4,41)42)18-10-14-23(43-3)21(16-18)32-35-28-22(37(39)40)6-5-7-25(28)45-32/h5-16H,1-4H3,(H,34,38). The van der Waals surface area contributed by atoms with E-state index in [2.05, 4.69) is 10.3 Å². The van der Waals surface area contributed by atoms with Gasteiger partial charge in [-0.3, -0.25) is 19.2 Å². The Morgan fingerprint density at radius 1 is 1.00 bits per heavy atom. The maximum absolute atomic E-state index is 13.8. The minimum atomic E-state index is -3.90. The van der Waals surface area contributed by atoms with Crippen LogP contribution >= 0.6 is 0 Å². The second kappa shape index (κ2) is 11.3. The van der Waals surface area contributed by atoms with Gasteiger partial charge in [0.05, 0.1) is 40.5 Å². The number of aromatic nitrogens is 1. The number of hydrogen-bond acceptors (Lipinski definition) is 9. The normalized spacial score (nSPS) is 11.6. The lowest BCUT2D eigenvalue weighted by Crippen LogP contribution is -2.26. The number of non-ortho nitro benzene ring substituents is 1. The lowest BCUT2D eigenvalue weighted by atomic mass is 9.96. The molecule has 0 aliphatic heterocycles. The monoisotopic (exact) mass is 644 g/mol. The summed E-state index contributed by atoms with van der Waals surface area (Å²) in [6, 6.07) is 18.0. The highest BCUT2D eigenvalue weighted by Crippen LogP contribution is 2.46. The molecule has 0 aliphatic carbocycles. The summed E-state index contributed by atoms with van der Waals surface area (Å²) in [5.41, 5.74) is 2.03. The van der Waals surface area contributed by atoms with Crippen molar-refractivity contribution in [3.8, 4) is 39.7 Å². The molecule has 4 aromatic carbocycles. The van der Waals surface area contributed by atoms with Gasteiger partial charge < -0.3 is 18.9 Å². The number of methoxy groups -OCH3 is 1. The highest BCUT2D eigenvalue weighted by molar-refractivity contribution is 7.92. The minimum Gasteiger partial charge on any atom is -0.496 e. The maximum atomic E-state index is 13.8. The Morgan fingerprint density at radius 2 is 1.72 bits per heavy atom. The maximum Gasteiger partial charge on any atom is 0.298 e. The Balaban J connectivity index is 1.65. The molecule has 0 bridgehead atoms. The van der Waals surface area contributed by atoms with Crippen LogP contribution in [0.25, 0.3) is 56.0 Å². The molecule has 0 atom stereocenters. The molecule has 46 heavy (non-hydrogen) atoms. The van der Waals surface area contributed by atoms with Gasteiger partial charge >= 0.3 is 0 Å². The number of fused-ring (bicyclic) bond motifs is 2. The zero-order valence-corrected chi connectivity index (χ0v) is 25.6. The topological polar surface area (TPSA) is 158 Å². The number of furan rings is 1. The molecule has 0 saturated heterocycles. The van der Waals surface area contributed by atoms with E-state index in [0.29, 0.717) is 28.0 Å². The number of nitro benzene ring substituents is 1. The number of nitrogens with zero attached hydrogens (tertiary/aromatic N) is 3. The molecule has 1 amide bonds. The number of hydrogen-bond donors (Lipinski definition) is 1. The van der Waals surface area contributed by atoms with Crippen molar-refractivity contribution in [1.29, 1.82) is 0 Å². The average Bonchev–Trinajstić information content (AvgIpc) is 3.65. The molecular weight excluding hydrogens is 619 g/mol. The van der Waals surface area contributed by atoms with Crippen LogP contribution in [0.1, 0.15) is 10.4 Å². The molecule has 0 saturated carbocycles. The van der Waals surface area contributed by atoms with Crippen LogP contribution in [0, 0.1) is 15.9 Å². The van der Waals surface area contributed by atoms with Gasteiger partial charge in [-0.25, -0.2) is 17.8 Å². The average molecular weight is 645 g/mol. The first-order chi connectivity index (χ1) is 21.9. The summed E-state index contributed by atoms with van der Waals surface area (Å²) < 4.78 is 58.5. The van der Waals surface area contributed by atoms with Gasteiger partial charge in [0, 0.05) is 31.3 Å². The van der Waals surface area contributed by atoms with Crippen molar-refractivity contribution >= 4 is 49.4 Å². The van der Waals surface area contributed by atoms with E-state index in [0.717, 1.165) is 10.6 Å². The number of benzene rings is 4. The largest absolute Gasteiger partial charge is 0.496 e. The Kier molecular flexibility index (Phi) is 7.44. The Morgan fingerprint density at radius 3 is 2.37 bits per heavy atom. The number of carbonyl (C=O) groups excluding carboxylic acids is 1. The van der Waals surface area contributed by atoms with E-state index in [1.165, 1.54) is 57.6 Å². The predicted octanol–water partition coefficient (Wildman–Crippen LogP) is 6.39. The number of sulfonamides is 1. The summed E-state index contributed by atoms with van der Waals surface area (Å²) in [6.45, 7) is 0. The number of nitro groups is 1. The molecule has 2 aromatic heterocycles. The molecule has 14 heteroatoms. The van der Waals surface area contributed by atoms with E-state index < -0.39 is 26.7 Å². The molecule has 0 unspecified atom stereocenters. The van der Waals surface area contributed by atoms with Crippen LogP contribution in [0.2, 0.25) is 0 Å².